The molecule has 18 aromatic rings. The number of hydrogen-bond acceptors (Lipinski definition) is 8. The van der Waals surface area contributed by atoms with Crippen LogP contribution in [0.15, 0.2) is 400 Å². The maximum atomic E-state index is 5.64. The van der Waals surface area contributed by atoms with Crippen molar-refractivity contribution >= 4 is 34.1 Å². The minimum absolute atomic E-state index is 0.615. The predicted octanol–water partition coefficient (Wildman–Crippen LogP) is 27.3. The fourth-order valence-corrected chi connectivity index (χ4v) is 17.6. The molecule has 118 heavy (non-hydrogen) atoms. The zero-order valence-corrected chi connectivity index (χ0v) is 66.7. The summed E-state index contributed by atoms with van der Waals surface area (Å²) in [5.74, 6) is 3.88. The van der Waals surface area contributed by atoms with Gasteiger partial charge in [0.1, 0.15) is 10.8 Å². The van der Waals surface area contributed by atoms with Crippen molar-refractivity contribution in [3.05, 3.63) is 479 Å². The fourth-order valence-electron chi connectivity index (χ4n) is 17.6. The van der Waals surface area contributed by atoms with Crippen molar-refractivity contribution in [3.8, 4) is 90.1 Å². The highest BCUT2D eigenvalue weighted by molar-refractivity contribution is 5.92. The van der Waals surface area contributed by atoms with Crippen LogP contribution in [0.3, 0.4) is 0 Å². The van der Waals surface area contributed by atoms with Crippen LogP contribution in [0.25, 0.3) is 90.1 Å². The molecule has 0 bridgehead atoms. The van der Waals surface area contributed by atoms with Gasteiger partial charge in [-0.3, -0.25) is 0 Å². The quantitative estimate of drug-likeness (QED) is 0.0946. The van der Waals surface area contributed by atoms with Crippen LogP contribution in [0.2, 0.25) is 0 Å². The monoisotopic (exact) mass is 1520 g/mol. The first-order valence-corrected chi connectivity index (χ1v) is 40.4. The number of aryl methyl sites for hydroxylation is 6. The standard InChI is InChI=1S/C62H49N5.C48H35N3/c1-42-19-15-27-49(35-42)66(50-28-16-20-43(2)36-50)53-39-48(40-54(41-53)67(51-29-17-21-44(3)37-51)52-30-18-22-45(4)38-52)62(57-33-13-11-31-55(57)56-32-12-14-34-58(56)62)61-64-59(46-23-7-5-8-24-46)63-60(65-61)47-25-9-6-10-26-47;1-32-23-25-41-42-26-24-33(2)28-44(42)48(43(41)27-32,40-30-38(34-15-7-3-8-16-34)29-39(31-40)35-17-9-4-10-18-35)47-50-45(36-19-11-5-12-20-36)49-46(51-47)37-21-13-6-14-22-37/h5-41H,1-4H3;3-31H,1-2H3. The SMILES string of the molecule is Cc1ccc2c(c1)C(c1cc(-c3ccccc3)cc(-c3ccccc3)c1)(c1nc(-c3ccccc3)nc(-c3ccccc3)n1)c1cc(C)ccc1-2.Cc1cccc(N(c2cccc(C)c2)c2cc(N(c3cccc(C)c3)c3cccc(C)c3)cc(C3(c4nc(-c5ccccc5)nc(-c5ccccc5)n4)c4ccccc4-c4ccccc43)c2)c1. The molecular formula is C110H84N8. The van der Waals surface area contributed by atoms with E-state index >= 15 is 0 Å². The van der Waals surface area contributed by atoms with Crippen molar-refractivity contribution in [1.82, 2.24) is 29.9 Å². The molecule has 0 N–H and O–H groups in total. The Kier molecular flexibility index (Phi) is 19.4. The lowest BCUT2D eigenvalue weighted by Crippen LogP contribution is -2.32. The highest BCUT2D eigenvalue weighted by Crippen LogP contribution is 2.60. The van der Waals surface area contributed by atoms with Crippen molar-refractivity contribution in [2.75, 3.05) is 9.80 Å². The highest BCUT2D eigenvalue weighted by atomic mass is 15.2. The number of nitrogens with zero attached hydrogens (tertiary/aromatic N) is 8. The second-order valence-electron chi connectivity index (χ2n) is 31.1. The van der Waals surface area contributed by atoms with E-state index in [1.54, 1.807) is 0 Å². The van der Waals surface area contributed by atoms with Crippen molar-refractivity contribution in [2.24, 2.45) is 0 Å². The molecule has 0 saturated carbocycles. The highest BCUT2D eigenvalue weighted by Gasteiger charge is 2.52. The Morgan fingerprint density at radius 3 is 0.771 bits per heavy atom. The summed E-state index contributed by atoms with van der Waals surface area (Å²) in [6.45, 7) is 13.0. The molecular weight excluding hydrogens is 1430 g/mol. The van der Waals surface area contributed by atoms with E-state index in [4.69, 9.17) is 29.9 Å². The van der Waals surface area contributed by atoms with E-state index in [0.717, 1.165) is 112 Å². The molecule has 0 radical (unpaired) electrons. The molecule has 0 fully saturated rings. The summed E-state index contributed by atoms with van der Waals surface area (Å²) in [4.78, 5) is 37.4. The van der Waals surface area contributed by atoms with Gasteiger partial charge in [-0.15, -0.1) is 0 Å². The zero-order valence-electron chi connectivity index (χ0n) is 66.7. The number of hydrogen-bond donors (Lipinski definition) is 0. The number of benzene rings is 16. The van der Waals surface area contributed by atoms with Gasteiger partial charge >= 0.3 is 0 Å². The average Bonchev–Trinajstić information content (AvgIpc) is 1.50. The summed E-state index contributed by atoms with van der Waals surface area (Å²) >= 11 is 0. The van der Waals surface area contributed by atoms with Crippen molar-refractivity contribution in [2.45, 2.75) is 52.4 Å². The molecule has 0 saturated heterocycles. The van der Waals surface area contributed by atoms with Gasteiger partial charge in [0.25, 0.3) is 0 Å². The van der Waals surface area contributed by atoms with Crippen LogP contribution in [0.5, 0.6) is 0 Å². The number of anilines is 6. The van der Waals surface area contributed by atoms with E-state index in [0.29, 0.717) is 34.9 Å². The average molecular weight is 1520 g/mol. The van der Waals surface area contributed by atoms with Crippen LogP contribution in [0.4, 0.5) is 34.1 Å². The second-order valence-corrected chi connectivity index (χ2v) is 31.1. The molecule has 0 amide bonds. The van der Waals surface area contributed by atoms with Crippen LogP contribution < -0.4 is 9.80 Å². The molecule has 2 heterocycles. The molecule has 8 nitrogen and oxygen atoms in total. The third-order valence-corrected chi connectivity index (χ3v) is 22.9. The van der Waals surface area contributed by atoms with E-state index < -0.39 is 10.8 Å². The minimum Gasteiger partial charge on any atom is -0.310 e. The predicted molar refractivity (Wildman–Crippen MR) is 485 cm³/mol. The summed E-state index contributed by atoms with van der Waals surface area (Å²) < 4.78 is 0. The largest absolute Gasteiger partial charge is 0.310 e. The number of fused-ring (bicyclic) bond motifs is 6. The van der Waals surface area contributed by atoms with E-state index in [9.17, 15) is 0 Å². The molecule has 0 atom stereocenters. The molecule has 0 aliphatic heterocycles. The summed E-state index contributed by atoms with van der Waals surface area (Å²) in [6, 6.07) is 143. The molecule has 20 rings (SSSR count). The Hall–Kier alpha value is -14.9. The summed E-state index contributed by atoms with van der Waals surface area (Å²) in [6.07, 6.45) is 0. The lowest BCUT2D eigenvalue weighted by Gasteiger charge is -2.36. The van der Waals surface area contributed by atoms with Crippen molar-refractivity contribution < 1.29 is 0 Å². The van der Waals surface area contributed by atoms with Gasteiger partial charge in [-0.2, -0.15) is 0 Å². The van der Waals surface area contributed by atoms with Crippen LogP contribution in [-0.4, -0.2) is 29.9 Å². The number of aromatic nitrogens is 6. The van der Waals surface area contributed by atoms with E-state index in [1.165, 1.54) is 55.6 Å². The Bertz CT molecular complexity index is 6170. The van der Waals surface area contributed by atoms with Crippen LogP contribution >= 0.6 is 0 Å². The van der Waals surface area contributed by atoms with Gasteiger partial charge in [0.05, 0.1) is 0 Å². The Balaban J connectivity index is 0.000000163. The first-order chi connectivity index (χ1) is 57.9. The first kappa shape index (κ1) is 73.3. The molecule has 2 aliphatic rings. The van der Waals surface area contributed by atoms with Crippen LogP contribution in [0, 0.1) is 41.5 Å². The van der Waals surface area contributed by atoms with Gasteiger partial charge in [-0.05, 0) is 227 Å². The Morgan fingerprint density at radius 2 is 0.449 bits per heavy atom. The van der Waals surface area contributed by atoms with E-state index in [1.807, 2.05) is 72.8 Å². The van der Waals surface area contributed by atoms with Crippen molar-refractivity contribution in [3.63, 3.8) is 0 Å². The number of rotatable bonds is 16. The molecule has 2 aromatic heterocycles. The third kappa shape index (κ3) is 13.6. The Labute approximate surface area is 690 Å². The van der Waals surface area contributed by atoms with E-state index in [-0.39, 0.29) is 0 Å². The maximum absolute atomic E-state index is 5.64. The van der Waals surface area contributed by atoms with Crippen molar-refractivity contribution in [1.29, 1.82) is 0 Å². The third-order valence-electron chi connectivity index (χ3n) is 22.9. The normalized spacial score (nSPS) is 12.5. The molecule has 16 aromatic carbocycles. The maximum Gasteiger partial charge on any atom is 0.163 e. The molecule has 2 aliphatic carbocycles. The Morgan fingerprint density at radius 1 is 0.178 bits per heavy atom. The second kappa shape index (κ2) is 31.2. The van der Waals surface area contributed by atoms with Crippen LogP contribution in [0.1, 0.15) is 78.4 Å². The first-order valence-electron chi connectivity index (χ1n) is 40.4. The van der Waals surface area contributed by atoms with Gasteiger partial charge in [0, 0.05) is 56.4 Å². The van der Waals surface area contributed by atoms with Gasteiger partial charge in [0.2, 0.25) is 0 Å². The van der Waals surface area contributed by atoms with E-state index in [2.05, 4.69) is 379 Å². The fraction of sp³-hybridized carbons (Fsp3) is 0.0727. The van der Waals surface area contributed by atoms with Gasteiger partial charge < -0.3 is 9.80 Å². The lowest BCUT2D eigenvalue weighted by molar-refractivity contribution is 0.691. The lowest BCUT2D eigenvalue weighted by atomic mass is 9.70. The molecule has 8 heteroatoms. The summed E-state index contributed by atoms with van der Waals surface area (Å²) in [5.41, 5.74) is 31.2. The van der Waals surface area contributed by atoms with Gasteiger partial charge in [0.15, 0.2) is 34.9 Å². The smallest absolute Gasteiger partial charge is 0.163 e. The molecule has 564 valence electrons. The van der Waals surface area contributed by atoms with Crippen LogP contribution in [-0.2, 0) is 10.8 Å². The summed E-state index contributed by atoms with van der Waals surface area (Å²) in [7, 11) is 0. The van der Waals surface area contributed by atoms with Gasteiger partial charge in [-0.1, -0.05) is 327 Å². The summed E-state index contributed by atoms with van der Waals surface area (Å²) in [5, 5.41) is 0. The molecule has 0 unspecified atom stereocenters. The molecule has 0 spiro atoms. The topological polar surface area (TPSA) is 83.8 Å². The minimum atomic E-state index is -1.01. The van der Waals surface area contributed by atoms with Gasteiger partial charge in [-0.25, -0.2) is 29.9 Å². The zero-order chi connectivity index (χ0) is 79.9.